The normalized spacial score (nSPS) is 9.60. The first-order chi connectivity index (χ1) is 4.50. The molecule has 10 heavy (non-hydrogen) atoms. The van der Waals surface area contributed by atoms with Crippen molar-refractivity contribution in [3.63, 3.8) is 0 Å². The van der Waals surface area contributed by atoms with Gasteiger partial charge in [-0.1, -0.05) is 6.92 Å². The predicted octanol–water partition coefficient (Wildman–Crippen LogP) is 1.16. The summed E-state index contributed by atoms with van der Waals surface area (Å²) < 4.78 is 19.8. The maximum Gasteiger partial charge on any atom is 0.342 e. The summed E-state index contributed by atoms with van der Waals surface area (Å²) in [6.45, 7) is 0.222. The van der Waals surface area contributed by atoms with Crippen LogP contribution in [0, 0.1) is 0 Å². The zero-order valence-electron chi connectivity index (χ0n) is 6.64. The van der Waals surface area contributed by atoms with E-state index in [0.29, 0.717) is 0 Å². The zero-order valence-corrected chi connectivity index (χ0v) is 6.64. The van der Waals surface area contributed by atoms with Crippen molar-refractivity contribution in [2.45, 2.75) is 20.0 Å². The highest BCUT2D eigenvalue weighted by Crippen LogP contribution is 1.77. The average Bonchev–Trinajstić information content (AvgIpc) is 1.62. The van der Waals surface area contributed by atoms with Gasteiger partial charge in [0, 0.05) is 0 Å². The van der Waals surface area contributed by atoms with Crippen LogP contribution in [0.1, 0.15) is 13.3 Å². The van der Waals surface area contributed by atoms with Gasteiger partial charge >= 0.3 is 6.61 Å². The second-order valence-corrected chi connectivity index (χ2v) is 2.08. The number of aliphatic hydroxyl groups excluding tert-OH is 1. The first-order valence-corrected chi connectivity index (χ1v) is 3.11. The Morgan fingerprint density at radius 3 is 1.70 bits per heavy atom. The van der Waals surface area contributed by atoms with Gasteiger partial charge in [0.2, 0.25) is 0 Å². The van der Waals surface area contributed by atoms with Gasteiger partial charge in [-0.3, -0.25) is 0 Å². The zero-order chi connectivity index (χ0) is 8.57. The number of hydrogen-bond donors (Lipinski definition) is 1. The molecule has 0 rings (SSSR count). The van der Waals surface area contributed by atoms with Crippen LogP contribution in [0.2, 0.25) is 0 Å². The predicted molar refractivity (Wildman–Crippen MR) is 37.1 cm³/mol. The number of rotatable bonds is 2. The topological polar surface area (TPSA) is 23.5 Å². The molecule has 1 N–H and O–H groups in total. The highest BCUT2D eigenvalue weighted by Gasteiger charge is 1.81. The molecule has 0 spiro atoms. The summed E-state index contributed by atoms with van der Waals surface area (Å²) in [6.07, 6.45) is 1.26. The number of aliphatic hydroxyl groups is 1. The van der Waals surface area contributed by atoms with Crippen molar-refractivity contribution in [1.82, 2.24) is 4.90 Å². The lowest BCUT2D eigenvalue weighted by Crippen LogP contribution is -2.11. The largest absolute Gasteiger partial charge is 0.342 e. The summed E-state index contributed by atoms with van der Waals surface area (Å²) in [5, 5.41) is 6.72. The molecule has 2 nitrogen and oxygen atoms in total. The van der Waals surface area contributed by atoms with Crippen LogP contribution >= 0.6 is 0 Å². The monoisotopic (exact) mass is 155 g/mol. The third-order valence-corrected chi connectivity index (χ3v) is 0.671. The smallest absolute Gasteiger partial charge is 0.339 e. The van der Waals surface area contributed by atoms with Crippen molar-refractivity contribution >= 4 is 0 Å². The second kappa shape index (κ2) is 8.78. The van der Waals surface area contributed by atoms with Gasteiger partial charge in [0.05, 0.1) is 0 Å². The summed E-state index contributed by atoms with van der Waals surface area (Å²) in [6, 6.07) is 0. The van der Waals surface area contributed by atoms with Crippen LogP contribution in [0.5, 0.6) is 0 Å². The van der Waals surface area contributed by atoms with Crippen LogP contribution in [0.4, 0.5) is 8.78 Å². The summed E-state index contributed by atoms with van der Waals surface area (Å²) >= 11 is 0. The molecule has 0 radical (unpaired) electrons. The first kappa shape index (κ1) is 12.5. The molecule has 0 aromatic carbocycles. The van der Waals surface area contributed by atoms with E-state index in [9.17, 15) is 8.78 Å². The molecule has 0 saturated heterocycles. The molecule has 0 aliphatic carbocycles. The summed E-state index contributed by atoms with van der Waals surface area (Å²) in [5.41, 5.74) is 0. The molecule has 0 aliphatic heterocycles. The Bertz CT molecular complexity index is 57.0. The molecule has 0 aromatic rings. The lowest BCUT2D eigenvalue weighted by atomic mass is 10.5. The summed E-state index contributed by atoms with van der Waals surface area (Å²) in [4.78, 5) is 2.18. The quantitative estimate of drug-likeness (QED) is 0.646. The minimum atomic E-state index is -3.17. The highest BCUT2D eigenvalue weighted by molar-refractivity contribution is 4.34. The van der Waals surface area contributed by atoms with Crippen LogP contribution in [0.15, 0.2) is 0 Å². The van der Waals surface area contributed by atoms with Crippen molar-refractivity contribution < 1.29 is 13.9 Å². The minimum absolute atomic E-state index is 1.21. The van der Waals surface area contributed by atoms with E-state index in [0.717, 1.165) is 0 Å². The van der Waals surface area contributed by atoms with Crippen molar-refractivity contribution in [2.75, 3.05) is 20.6 Å². The van der Waals surface area contributed by atoms with E-state index in [1.165, 1.54) is 13.0 Å². The maximum absolute atomic E-state index is 9.89. The Morgan fingerprint density at radius 2 is 1.70 bits per heavy atom. The third-order valence-electron chi connectivity index (χ3n) is 0.671. The molecular weight excluding hydrogens is 140 g/mol. The van der Waals surface area contributed by atoms with Crippen LogP contribution in [-0.4, -0.2) is 37.3 Å². The van der Waals surface area contributed by atoms with E-state index in [1.54, 1.807) is 0 Å². The van der Waals surface area contributed by atoms with Crippen LogP contribution < -0.4 is 0 Å². The van der Waals surface area contributed by atoms with Gasteiger partial charge < -0.3 is 10.0 Å². The Labute approximate surface area is 60.5 Å². The second-order valence-electron chi connectivity index (χ2n) is 2.08. The number of nitrogens with zero attached hydrogens (tertiary/aromatic N) is 1. The van der Waals surface area contributed by atoms with Crippen molar-refractivity contribution in [3.05, 3.63) is 0 Å². The van der Waals surface area contributed by atoms with Gasteiger partial charge in [-0.2, -0.15) is 8.78 Å². The van der Waals surface area contributed by atoms with Crippen LogP contribution in [0.3, 0.4) is 0 Å². The molecule has 0 saturated carbocycles. The SMILES string of the molecule is CCCN(C)C.OC(F)F. The summed E-state index contributed by atoms with van der Waals surface area (Å²) in [5.74, 6) is 0. The number of hydrogen-bond acceptors (Lipinski definition) is 2. The van der Waals surface area contributed by atoms with E-state index < -0.39 is 6.61 Å². The van der Waals surface area contributed by atoms with Gasteiger partial charge in [0.15, 0.2) is 0 Å². The third kappa shape index (κ3) is 46.3. The summed E-state index contributed by atoms with van der Waals surface area (Å²) in [7, 11) is 4.17. The van der Waals surface area contributed by atoms with E-state index >= 15 is 0 Å². The molecule has 0 heterocycles. The lowest BCUT2D eigenvalue weighted by molar-refractivity contribution is -0.0728. The molecule has 0 fully saturated rings. The van der Waals surface area contributed by atoms with Gasteiger partial charge in [0.1, 0.15) is 0 Å². The van der Waals surface area contributed by atoms with E-state index in [2.05, 4.69) is 25.9 Å². The molecule has 4 heteroatoms. The Morgan fingerprint density at radius 1 is 1.40 bits per heavy atom. The first-order valence-electron chi connectivity index (χ1n) is 3.11. The molecule has 0 aliphatic rings. The Balaban J connectivity index is 0. The minimum Gasteiger partial charge on any atom is -0.339 e. The number of halogens is 2. The van der Waals surface area contributed by atoms with Crippen molar-refractivity contribution in [2.24, 2.45) is 0 Å². The molecule has 0 bridgehead atoms. The van der Waals surface area contributed by atoms with Crippen LogP contribution in [0.25, 0.3) is 0 Å². The van der Waals surface area contributed by atoms with Gasteiger partial charge in [0.25, 0.3) is 0 Å². The highest BCUT2D eigenvalue weighted by atomic mass is 19.3. The van der Waals surface area contributed by atoms with E-state index in [1.807, 2.05) is 0 Å². The maximum atomic E-state index is 9.89. The van der Waals surface area contributed by atoms with Crippen LogP contribution in [-0.2, 0) is 0 Å². The lowest BCUT2D eigenvalue weighted by Gasteiger charge is -2.03. The number of alkyl halides is 2. The van der Waals surface area contributed by atoms with Crippen molar-refractivity contribution in [3.8, 4) is 0 Å². The average molecular weight is 155 g/mol. The standard InChI is InChI=1S/C5H13N.CH2F2O/c1-4-5-6(2)3;2-1(3)4/h4-5H2,1-3H3;1,4H. The molecule has 0 unspecified atom stereocenters. The molecule has 0 amide bonds. The fourth-order valence-electron chi connectivity index (χ4n) is 0.447. The Kier molecular flexibility index (Phi) is 10.9. The van der Waals surface area contributed by atoms with Gasteiger partial charge in [-0.25, -0.2) is 0 Å². The Hall–Kier alpha value is -0.220. The van der Waals surface area contributed by atoms with Gasteiger partial charge in [-0.05, 0) is 27.1 Å². The van der Waals surface area contributed by atoms with Gasteiger partial charge in [-0.15, -0.1) is 0 Å². The fourth-order valence-corrected chi connectivity index (χ4v) is 0.447. The van der Waals surface area contributed by atoms with Crippen molar-refractivity contribution in [1.29, 1.82) is 0 Å². The van der Waals surface area contributed by atoms with E-state index in [4.69, 9.17) is 5.11 Å². The molecule has 0 atom stereocenters. The molecular formula is C6H15F2NO. The van der Waals surface area contributed by atoms with E-state index in [-0.39, 0.29) is 0 Å². The molecule has 0 aromatic heterocycles. The fraction of sp³-hybridized carbons (Fsp3) is 1.00. The molecule has 64 valence electrons.